The molecular formula is C49H58O7. The summed E-state index contributed by atoms with van der Waals surface area (Å²) in [7, 11) is 0. The summed E-state index contributed by atoms with van der Waals surface area (Å²) in [5.74, 6) is 0.272. The van der Waals surface area contributed by atoms with Crippen LogP contribution in [0, 0.1) is 11.8 Å². The molecule has 0 radical (unpaired) electrons. The van der Waals surface area contributed by atoms with Gasteiger partial charge in [-0.2, -0.15) is 0 Å². The molecule has 2 saturated carbocycles. The van der Waals surface area contributed by atoms with Gasteiger partial charge in [0.15, 0.2) is 5.78 Å². The average Bonchev–Trinajstić information content (AvgIpc) is 3.21. The number of benzene rings is 4. The Bertz CT molecular complexity index is 1770. The average molecular weight is 759 g/mol. The number of ketones is 1. The fourth-order valence-electron chi connectivity index (χ4n) is 8.73. The number of hydrogen-bond donors (Lipinski definition) is 2. The first-order valence-corrected chi connectivity index (χ1v) is 21.1. The molecule has 4 aromatic rings. The van der Waals surface area contributed by atoms with E-state index in [0.29, 0.717) is 23.0 Å². The van der Waals surface area contributed by atoms with Crippen LogP contribution in [-0.4, -0.2) is 27.9 Å². The number of esters is 2. The zero-order valence-corrected chi connectivity index (χ0v) is 33.1. The van der Waals surface area contributed by atoms with Crippen molar-refractivity contribution < 1.29 is 34.1 Å². The highest BCUT2D eigenvalue weighted by molar-refractivity contribution is 6.12. The third-order valence-corrected chi connectivity index (χ3v) is 12.2. The largest absolute Gasteiger partial charge is 0.507 e. The van der Waals surface area contributed by atoms with Gasteiger partial charge in [-0.3, -0.25) is 4.79 Å². The van der Waals surface area contributed by atoms with E-state index in [2.05, 4.69) is 13.8 Å². The van der Waals surface area contributed by atoms with Crippen LogP contribution in [0.15, 0.2) is 84.9 Å². The minimum Gasteiger partial charge on any atom is -0.507 e. The molecule has 7 heteroatoms. The monoisotopic (exact) mass is 758 g/mol. The molecule has 0 amide bonds. The number of rotatable bonds is 16. The molecule has 0 unspecified atom stereocenters. The molecule has 2 N–H and O–H groups in total. The Morgan fingerprint density at radius 3 is 1.23 bits per heavy atom. The Morgan fingerprint density at radius 1 is 0.518 bits per heavy atom. The molecule has 6 rings (SSSR count). The van der Waals surface area contributed by atoms with Crippen molar-refractivity contribution in [3.05, 3.63) is 118 Å². The molecule has 0 atom stereocenters. The molecule has 4 aromatic carbocycles. The lowest BCUT2D eigenvalue weighted by Gasteiger charge is -2.29. The summed E-state index contributed by atoms with van der Waals surface area (Å²) in [6.07, 6.45) is 20.2. The van der Waals surface area contributed by atoms with Crippen molar-refractivity contribution in [2.24, 2.45) is 11.8 Å². The van der Waals surface area contributed by atoms with Gasteiger partial charge in [0.1, 0.15) is 23.0 Å². The van der Waals surface area contributed by atoms with E-state index in [1.165, 1.54) is 150 Å². The molecule has 0 aliphatic heterocycles. The lowest BCUT2D eigenvalue weighted by atomic mass is 9.77. The summed E-state index contributed by atoms with van der Waals surface area (Å²) >= 11 is 0. The Hall–Kier alpha value is -4.91. The van der Waals surface area contributed by atoms with Gasteiger partial charge in [-0.1, -0.05) is 89.5 Å². The molecule has 296 valence electrons. The Kier molecular flexibility index (Phi) is 14.4. The van der Waals surface area contributed by atoms with Gasteiger partial charge in [-0.15, -0.1) is 0 Å². The van der Waals surface area contributed by atoms with E-state index in [1.807, 2.05) is 24.3 Å². The summed E-state index contributed by atoms with van der Waals surface area (Å²) in [4.78, 5) is 39.2. The molecule has 2 fully saturated rings. The van der Waals surface area contributed by atoms with Gasteiger partial charge >= 0.3 is 11.9 Å². The maximum Gasteiger partial charge on any atom is 0.343 e. The first-order valence-electron chi connectivity index (χ1n) is 21.1. The number of hydrogen-bond acceptors (Lipinski definition) is 7. The SMILES string of the molecule is CCCCC[C@H]1CC[C@H](c2ccc(C(=O)Oc3ccc(C(=O)c4ccc(OC(=O)c5ccc([C@H]6CC[C@H](CCCCC)CC6)cc5)cc4O)c(O)c3)cc2)CC1. The highest BCUT2D eigenvalue weighted by Gasteiger charge is 2.25. The predicted molar refractivity (Wildman–Crippen MR) is 220 cm³/mol. The summed E-state index contributed by atoms with van der Waals surface area (Å²) in [6, 6.07) is 23.1. The number of phenolic OH excluding ortho intramolecular Hbond substituents is 2. The molecule has 0 aromatic heterocycles. The molecule has 2 aliphatic carbocycles. The van der Waals surface area contributed by atoms with Crippen molar-refractivity contribution in [3.8, 4) is 23.0 Å². The first-order chi connectivity index (χ1) is 27.2. The van der Waals surface area contributed by atoms with Crippen LogP contribution in [0.25, 0.3) is 0 Å². The van der Waals surface area contributed by atoms with E-state index in [0.717, 1.165) is 11.8 Å². The number of aromatic hydroxyl groups is 2. The second-order valence-electron chi connectivity index (χ2n) is 16.1. The smallest absolute Gasteiger partial charge is 0.343 e. The molecule has 56 heavy (non-hydrogen) atoms. The van der Waals surface area contributed by atoms with Crippen LogP contribution in [0.5, 0.6) is 23.0 Å². The van der Waals surface area contributed by atoms with Crippen LogP contribution in [0.3, 0.4) is 0 Å². The van der Waals surface area contributed by atoms with Crippen LogP contribution in [0.2, 0.25) is 0 Å². The minimum absolute atomic E-state index is 0.0826. The van der Waals surface area contributed by atoms with Crippen LogP contribution < -0.4 is 9.47 Å². The highest BCUT2D eigenvalue weighted by Crippen LogP contribution is 2.39. The molecule has 7 nitrogen and oxygen atoms in total. The third-order valence-electron chi connectivity index (χ3n) is 12.2. The van der Waals surface area contributed by atoms with Crippen LogP contribution in [-0.2, 0) is 0 Å². The minimum atomic E-state index is -0.646. The highest BCUT2D eigenvalue weighted by atomic mass is 16.5. The molecule has 0 spiro atoms. The number of ether oxygens (including phenoxy) is 2. The van der Waals surface area contributed by atoms with Gasteiger partial charge in [-0.05, 0) is 135 Å². The maximum atomic E-state index is 13.3. The molecule has 2 aliphatic rings. The van der Waals surface area contributed by atoms with Gasteiger partial charge in [0.05, 0.1) is 22.3 Å². The first kappa shape index (κ1) is 40.7. The van der Waals surface area contributed by atoms with Gasteiger partial charge in [0, 0.05) is 12.1 Å². The topological polar surface area (TPSA) is 110 Å². The van der Waals surface area contributed by atoms with Crippen molar-refractivity contribution in [3.63, 3.8) is 0 Å². The third kappa shape index (κ3) is 10.7. The van der Waals surface area contributed by atoms with Crippen molar-refractivity contribution in [2.75, 3.05) is 0 Å². The van der Waals surface area contributed by atoms with E-state index in [9.17, 15) is 24.6 Å². The van der Waals surface area contributed by atoms with Crippen LogP contribution in [0.1, 0.15) is 176 Å². The van der Waals surface area contributed by atoms with Crippen LogP contribution in [0.4, 0.5) is 0 Å². The standard InChI is InChI=1S/C49H58O7/c1-3-5-7-9-33-11-15-35(16-12-33)37-19-23-39(24-20-37)48(53)55-41-27-29-43(45(50)31-41)47(52)44-30-28-42(32-46(44)51)56-49(54)40-25-21-38(22-26-40)36-17-13-34(14-18-36)10-8-6-4-2/h19-36,50-51H,3-18H2,1-2H3/t33-,34-,35-,36-. The quantitative estimate of drug-likeness (QED) is 0.0506. The zero-order chi connectivity index (χ0) is 39.4. The van der Waals surface area contributed by atoms with Gasteiger partial charge in [0.25, 0.3) is 0 Å². The molecule has 0 bridgehead atoms. The summed E-state index contributed by atoms with van der Waals surface area (Å²) in [5, 5.41) is 21.5. The van der Waals surface area contributed by atoms with E-state index in [-0.39, 0.29) is 22.6 Å². The number of unbranched alkanes of at least 4 members (excludes halogenated alkanes) is 4. The summed E-state index contributed by atoms with van der Waals surface area (Å²) in [5.41, 5.74) is 3.12. The van der Waals surface area contributed by atoms with Gasteiger partial charge in [0.2, 0.25) is 0 Å². The molecular weight excluding hydrogens is 701 g/mol. The second kappa shape index (κ2) is 19.8. The van der Waals surface area contributed by atoms with E-state index in [1.54, 1.807) is 24.3 Å². The summed E-state index contributed by atoms with van der Waals surface area (Å²) in [6.45, 7) is 4.49. The van der Waals surface area contributed by atoms with Gasteiger partial charge < -0.3 is 19.7 Å². The number of carbonyl (C=O) groups is 3. The normalized spacial score (nSPS) is 19.6. The van der Waals surface area contributed by atoms with E-state index >= 15 is 0 Å². The fraction of sp³-hybridized carbons (Fsp3) is 0.449. The van der Waals surface area contributed by atoms with E-state index < -0.39 is 29.2 Å². The zero-order valence-electron chi connectivity index (χ0n) is 33.1. The van der Waals surface area contributed by atoms with Crippen molar-refractivity contribution >= 4 is 17.7 Å². The van der Waals surface area contributed by atoms with Crippen molar-refractivity contribution in [2.45, 2.75) is 128 Å². The number of phenols is 2. The molecule has 0 saturated heterocycles. The number of carbonyl (C=O) groups excluding carboxylic acids is 3. The van der Waals surface area contributed by atoms with Crippen molar-refractivity contribution in [1.82, 2.24) is 0 Å². The summed E-state index contributed by atoms with van der Waals surface area (Å²) < 4.78 is 11.1. The predicted octanol–water partition coefficient (Wildman–Crippen LogP) is 12.5. The fourth-order valence-corrected chi connectivity index (χ4v) is 8.73. The molecule has 0 heterocycles. The Morgan fingerprint density at radius 2 is 0.893 bits per heavy atom. The van der Waals surface area contributed by atoms with Crippen molar-refractivity contribution in [1.29, 1.82) is 0 Å². The van der Waals surface area contributed by atoms with Crippen LogP contribution >= 0.6 is 0 Å². The van der Waals surface area contributed by atoms with E-state index in [4.69, 9.17) is 9.47 Å². The maximum absolute atomic E-state index is 13.3. The lowest BCUT2D eigenvalue weighted by molar-refractivity contribution is 0.0724. The Balaban J connectivity index is 0.991. The Labute approximate surface area is 332 Å². The second-order valence-corrected chi connectivity index (χ2v) is 16.1. The van der Waals surface area contributed by atoms with Gasteiger partial charge in [-0.25, -0.2) is 9.59 Å². The lowest BCUT2D eigenvalue weighted by Crippen LogP contribution is -2.14.